The summed E-state index contributed by atoms with van der Waals surface area (Å²) in [7, 11) is 0. The Morgan fingerprint density at radius 2 is 1.02 bits per heavy atom. The van der Waals surface area contributed by atoms with Gasteiger partial charge in [0.05, 0.1) is 20.0 Å². The first-order chi connectivity index (χ1) is 29.3. The van der Waals surface area contributed by atoms with E-state index in [1.165, 1.54) is 59.9 Å². The number of rotatable bonds is 1. The van der Waals surface area contributed by atoms with Gasteiger partial charge in [-0.25, -0.2) is 0 Å². The topological polar surface area (TPSA) is 48.3 Å². The molecule has 0 radical (unpaired) electrons. The molecule has 0 spiro atoms. The Balaban J connectivity index is 0.000000118. The minimum Gasteiger partial charge on any atom is -0.455 e. The molecule has 0 unspecified atom stereocenters. The molecule has 59 heavy (non-hydrogen) atoms. The Bertz CT molecular complexity index is 3290. The Kier molecular flexibility index (Phi) is 10.7. The second-order valence-corrected chi connectivity index (χ2v) is 17.3. The maximum Gasteiger partial charge on any atom is 0.149 e. The van der Waals surface area contributed by atoms with Gasteiger partial charge in [-0.3, -0.25) is 0 Å². The van der Waals surface area contributed by atoms with E-state index in [2.05, 4.69) is 205 Å². The van der Waals surface area contributed by atoms with Gasteiger partial charge in [0.15, 0.2) is 0 Å². The van der Waals surface area contributed by atoms with Crippen molar-refractivity contribution >= 4 is 126 Å². The number of carbonyl (C=O) groups is 1. The molecular weight excluding hydrogens is 973 g/mol. The number of nitrogens with zero attached hydrogens (tertiary/aromatic N) is 1. The van der Waals surface area contributed by atoms with Crippen LogP contribution in [0.15, 0.2) is 188 Å². The van der Waals surface area contributed by atoms with Crippen molar-refractivity contribution in [2.75, 3.05) is 0 Å². The van der Waals surface area contributed by atoms with E-state index in [1.54, 1.807) is 0 Å². The van der Waals surface area contributed by atoms with Gasteiger partial charge in [-0.2, -0.15) is 0 Å². The molecule has 0 N–H and O–H groups in total. The maximum atomic E-state index is 9.62. The molecule has 3 heterocycles. The zero-order valence-electron chi connectivity index (χ0n) is 32.9. The largest absolute Gasteiger partial charge is 0.455 e. The van der Waals surface area contributed by atoms with Crippen molar-refractivity contribution in [3.8, 4) is 16.8 Å². The van der Waals surface area contributed by atoms with Crippen molar-refractivity contribution in [1.29, 1.82) is 0 Å². The zero-order valence-corrected chi connectivity index (χ0v) is 37.2. The average molecular weight is 1010 g/mol. The molecule has 1 aliphatic carbocycles. The van der Waals surface area contributed by atoms with Crippen LogP contribution in [0.2, 0.25) is 0 Å². The van der Waals surface area contributed by atoms with Gasteiger partial charge in [-0.05, 0) is 158 Å². The number of hydrogen-bond donors (Lipinski definition) is 0. The van der Waals surface area contributed by atoms with Gasteiger partial charge < -0.3 is 18.2 Å². The lowest BCUT2D eigenvalue weighted by Crippen LogP contribution is -1.93. The van der Waals surface area contributed by atoms with E-state index in [9.17, 15) is 4.79 Å². The monoisotopic (exact) mass is 1010 g/mol. The highest BCUT2D eigenvalue weighted by Crippen LogP contribution is 2.38. The molecule has 0 bridgehead atoms. The lowest BCUT2D eigenvalue weighted by molar-refractivity contribution is -0.115. The molecule has 0 amide bonds. The van der Waals surface area contributed by atoms with Gasteiger partial charge in [0, 0.05) is 42.9 Å². The van der Waals surface area contributed by atoms with Gasteiger partial charge >= 0.3 is 0 Å². The van der Waals surface area contributed by atoms with Crippen molar-refractivity contribution in [1.82, 2.24) is 4.57 Å². The van der Waals surface area contributed by atoms with Gasteiger partial charge in [-0.15, -0.1) is 0 Å². The first-order valence-corrected chi connectivity index (χ1v) is 21.8. The number of halogens is 3. The van der Waals surface area contributed by atoms with Gasteiger partial charge in [0.1, 0.15) is 28.1 Å². The third-order valence-electron chi connectivity index (χ3n) is 10.4. The van der Waals surface area contributed by atoms with E-state index in [-0.39, 0.29) is 12.7 Å². The first-order valence-electron chi connectivity index (χ1n) is 19.8. The zero-order chi connectivity index (χ0) is 41.3. The summed E-state index contributed by atoms with van der Waals surface area (Å²) in [5.74, 6) is -0.0787. The molecule has 11 aromatic rings. The summed E-state index contributed by atoms with van der Waals surface area (Å²) < 4.78 is 23.7. The predicted molar refractivity (Wildman–Crippen MR) is 261 cm³/mol. The summed E-state index contributed by atoms with van der Waals surface area (Å²) in [6.07, 6.45) is 1.10. The summed E-state index contributed by atoms with van der Waals surface area (Å²) in [5, 5.41) is 7.14. The molecule has 12 rings (SSSR count). The number of hydrogen-bond acceptors (Lipinski definition) is 3. The van der Waals surface area contributed by atoms with E-state index in [0.717, 1.165) is 59.5 Å². The second-order valence-electron chi connectivity index (χ2n) is 14.3. The number of fused-ring (bicyclic) bond motifs is 12. The number of carbonyl (C=O) groups excluding carboxylic acids is 1. The van der Waals surface area contributed by atoms with Crippen molar-refractivity contribution in [3.05, 3.63) is 194 Å². The van der Waals surface area contributed by atoms with E-state index < -0.39 is 0 Å². The van der Waals surface area contributed by atoms with Gasteiger partial charge in [0.2, 0.25) is 0 Å². The van der Waals surface area contributed by atoms with Gasteiger partial charge in [-0.1, -0.05) is 109 Å². The van der Waals surface area contributed by atoms with Crippen LogP contribution in [0.1, 0.15) is 26.3 Å². The summed E-state index contributed by atoms with van der Waals surface area (Å²) in [6, 6.07) is 59.4. The highest BCUT2D eigenvalue weighted by molar-refractivity contribution is 14.1. The molecule has 288 valence electrons. The molecule has 3 aromatic heterocycles. The normalized spacial score (nSPS) is 11.7. The van der Waals surface area contributed by atoms with Crippen LogP contribution in [0.3, 0.4) is 0 Å². The highest BCUT2D eigenvalue weighted by Gasteiger charge is 2.17. The highest BCUT2D eigenvalue weighted by atomic mass is 127. The van der Waals surface area contributed by atoms with Crippen LogP contribution in [0.4, 0.5) is 0 Å². The number of para-hydroxylation sites is 4. The van der Waals surface area contributed by atoms with Gasteiger partial charge in [0.25, 0.3) is 0 Å². The Labute approximate surface area is 373 Å². The maximum absolute atomic E-state index is 9.62. The third-order valence-corrected chi connectivity index (χ3v) is 12.3. The van der Waals surface area contributed by atoms with Crippen LogP contribution in [0.5, 0.6) is 0 Å². The Morgan fingerprint density at radius 1 is 0.559 bits per heavy atom. The Hall–Kier alpha value is -5.48. The molecule has 8 aromatic carbocycles. The quantitative estimate of drug-likeness (QED) is 0.154. The van der Waals surface area contributed by atoms with Crippen LogP contribution in [-0.2, 0) is 11.2 Å². The fourth-order valence-electron chi connectivity index (χ4n) is 7.91. The molecule has 4 nitrogen and oxygen atoms in total. The molecule has 7 heteroatoms. The summed E-state index contributed by atoms with van der Waals surface area (Å²) in [6.45, 7) is 1.31. The van der Waals surface area contributed by atoms with Crippen LogP contribution in [-0.4, -0.2) is 10.4 Å². The molecule has 0 atom stereocenters. The minimum atomic E-state index is -0.0833. The summed E-state index contributed by atoms with van der Waals surface area (Å²) >= 11 is 9.41. The number of Topliss-reactive ketones (excluding diaryl/α,β-unsaturated/α-hetero) is 1. The lowest BCUT2D eigenvalue weighted by Gasteiger charge is -2.07. The molecule has 0 saturated heterocycles. The Morgan fingerprint density at radius 3 is 1.56 bits per heavy atom. The van der Waals surface area contributed by atoms with Crippen molar-refractivity contribution in [2.45, 2.75) is 20.2 Å². The third kappa shape index (κ3) is 7.63. The second kappa shape index (κ2) is 16.6. The van der Waals surface area contributed by atoms with Crippen molar-refractivity contribution in [3.63, 3.8) is 0 Å². The van der Waals surface area contributed by atoms with Crippen molar-refractivity contribution in [2.24, 2.45) is 0 Å². The fraction of sp³-hybridized carbons (Fsp3) is 0.0577. The SMILES string of the molecule is Brc1cccc2c1oc1ccc(-n3c4ccccc4c4ccccc43)cc12.Brc1cccc2c1oc1ccc(I)cc12.[2H]CC(C)=O.c1ccc2c(c1)Cc1ccccc1-2. The van der Waals surface area contributed by atoms with Crippen LogP contribution in [0.25, 0.3) is 82.5 Å². The van der Waals surface area contributed by atoms with E-state index in [1.807, 2.05) is 24.3 Å². The molecule has 0 saturated carbocycles. The summed E-state index contributed by atoms with van der Waals surface area (Å²) in [4.78, 5) is 9.62. The molecule has 0 aliphatic heterocycles. The number of aromatic nitrogens is 1. The number of ketones is 1. The first kappa shape index (κ1) is 37.8. The number of benzene rings is 8. The number of furan rings is 2. The lowest BCUT2D eigenvalue weighted by atomic mass is 10.1. The molecule has 0 fully saturated rings. The van der Waals surface area contributed by atoms with E-state index in [0.29, 0.717) is 0 Å². The minimum absolute atomic E-state index is 0.0787. The summed E-state index contributed by atoms with van der Waals surface area (Å²) in [5.41, 5.74) is 13.0. The molecule has 1 aliphatic rings. The van der Waals surface area contributed by atoms with Crippen LogP contribution >= 0.6 is 54.5 Å². The van der Waals surface area contributed by atoms with E-state index in [4.69, 9.17) is 10.2 Å². The fourth-order valence-corrected chi connectivity index (χ4v) is 9.29. The predicted octanol–water partition coefficient (Wildman–Crippen LogP) is 16.3. The van der Waals surface area contributed by atoms with Crippen LogP contribution in [0, 0.1) is 3.57 Å². The van der Waals surface area contributed by atoms with Crippen LogP contribution < -0.4 is 0 Å². The standard InChI is InChI=1S/C24H14BrNO.C13H10.C12H6BrIO.C3H6O/c25-20-9-5-8-18-19-14-15(12-13-23(19)27-24(18)20)26-21-10-3-1-6-16(21)17-7-2-4-11-22(17)26;1-3-7-12-10(5-1)9-11-6-2-4-8-13(11)12;13-10-3-1-2-8-9-6-7(14)4-5-11(9)15-12(8)10;1-3(2)4/h1-14H;1-8H,9H2;1-6H;1-2H3/i;;;1D. The van der Waals surface area contributed by atoms with Crippen molar-refractivity contribution < 1.29 is 15.0 Å². The smallest absolute Gasteiger partial charge is 0.149 e. The average Bonchev–Trinajstić information content (AvgIpc) is 4.04. The van der Waals surface area contributed by atoms with E-state index >= 15 is 0 Å². The molecular formula is C52H36Br2INO3.